The standard InChI is InChI=1S/C21H28N2O3S/c1-16-12-13-17(2)20(15-16)18(3)22-21(24)11-8-14-23(4)27(25,26)19-9-6-5-7-10-19/h5-7,9-10,12-13,15,18H,8,11,14H2,1-4H3,(H,22,24). The van der Waals surface area contributed by atoms with Crippen molar-refractivity contribution in [1.29, 1.82) is 0 Å². The maximum atomic E-state index is 12.5. The van der Waals surface area contributed by atoms with Gasteiger partial charge >= 0.3 is 0 Å². The zero-order chi connectivity index (χ0) is 20.0. The largest absolute Gasteiger partial charge is 0.350 e. The van der Waals surface area contributed by atoms with Crippen LogP contribution in [0.5, 0.6) is 0 Å². The molecule has 1 atom stereocenters. The second-order valence-electron chi connectivity index (χ2n) is 6.89. The Morgan fingerprint density at radius 1 is 1.11 bits per heavy atom. The number of nitrogens with zero attached hydrogens (tertiary/aromatic N) is 1. The molecule has 0 aromatic heterocycles. The third kappa shape index (κ3) is 5.65. The number of amides is 1. The molecule has 0 radical (unpaired) electrons. The first-order chi connectivity index (χ1) is 12.7. The molecule has 0 heterocycles. The van der Waals surface area contributed by atoms with Gasteiger partial charge in [-0.25, -0.2) is 12.7 Å². The van der Waals surface area contributed by atoms with Crippen molar-refractivity contribution in [3.8, 4) is 0 Å². The van der Waals surface area contributed by atoms with E-state index in [0.29, 0.717) is 13.0 Å². The highest BCUT2D eigenvalue weighted by Gasteiger charge is 2.20. The van der Waals surface area contributed by atoms with Gasteiger partial charge in [-0.3, -0.25) is 4.79 Å². The molecule has 0 saturated carbocycles. The van der Waals surface area contributed by atoms with E-state index in [1.54, 1.807) is 37.4 Å². The molecular weight excluding hydrogens is 360 g/mol. The van der Waals surface area contributed by atoms with Gasteiger partial charge in [0.2, 0.25) is 15.9 Å². The summed E-state index contributed by atoms with van der Waals surface area (Å²) in [6.07, 6.45) is 0.748. The lowest BCUT2D eigenvalue weighted by Crippen LogP contribution is -2.30. The summed E-state index contributed by atoms with van der Waals surface area (Å²) >= 11 is 0. The van der Waals surface area contributed by atoms with E-state index < -0.39 is 10.0 Å². The maximum absolute atomic E-state index is 12.5. The van der Waals surface area contributed by atoms with E-state index in [-0.39, 0.29) is 23.3 Å². The summed E-state index contributed by atoms with van der Waals surface area (Å²) in [6.45, 7) is 6.31. The molecule has 0 fully saturated rings. The van der Waals surface area contributed by atoms with E-state index in [2.05, 4.69) is 23.5 Å². The van der Waals surface area contributed by atoms with Crippen molar-refractivity contribution < 1.29 is 13.2 Å². The number of sulfonamides is 1. The first-order valence-electron chi connectivity index (χ1n) is 9.09. The highest BCUT2D eigenvalue weighted by Crippen LogP contribution is 2.19. The number of benzene rings is 2. The van der Waals surface area contributed by atoms with Gasteiger partial charge in [0.25, 0.3) is 0 Å². The smallest absolute Gasteiger partial charge is 0.242 e. The molecule has 0 spiro atoms. The fourth-order valence-electron chi connectivity index (χ4n) is 2.97. The van der Waals surface area contributed by atoms with Crippen LogP contribution in [0.15, 0.2) is 53.4 Å². The number of rotatable bonds is 8. The van der Waals surface area contributed by atoms with E-state index in [0.717, 1.165) is 16.7 Å². The van der Waals surface area contributed by atoms with Crippen molar-refractivity contribution in [3.05, 3.63) is 65.2 Å². The van der Waals surface area contributed by atoms with Crippen LogP contribution in [0.3, 0.4) is 0 Å². The van der Waals surface area contributed by atoms with E-state index in [9.17, 15) is 13.2 Å². The van der Waals surface area contributed by atoms with Gasteiger partial charge in [0.05, 0.1) is 10.9 Å². The van der Waals surface area contributed by atoms with Crippen LogP contribution in [0, 0.1) is 13.8 Å². The summed E-state index contributed by atoms with van der Waals surface area (Å²) in [4.78, 5) is 12.5. The number of nitrogens with one attached hydrogen (secondary N) is 1. The van der Waals surface area contributed by atoms with E-state index in [1.165, 1.54) is 4.31 Å². The second-order valence-corrected chi connectivity index (χ2v) is 8.94. The average Bonchev–Trinajstić information content (AvgIpc) is 2.64. The molecule has 0 aliphatic carbocycles. The topological polar surface area (TPSA) is 66.5 Å². The molecule has 146 valence electrons. The van der Waals surface area contributed by atoms with E-state index in [1.807, 2.05) is 20.8 Å². The number of aryl methyl sites for hydroxylation is 2. The van der Waals surface area contributed by atoms with Gasteiger partial charge in [0.1, 0.15) is 0 Å². The van der Waals surface area contributed by atoms with Crippen molar-refractivity contribution in [2.75, 3.05) is 13.6 Å². The Morgan fingerprint density at radius 2 is 1.78 bits per heavy atom. The SMILES string of the molecule is Cc1ccc(C)c(C(C)NC(=O)CCCN(C)S(=O)(=O)c2ccccc2)c1. The second kappa shape index (κ2) is 9.15. The molecule has 6 heteroatoms. The molecule has 27 heavy (non-hydrogen) atoms. The van der Waals surface area contributed by atoms with Crippen LogP contribution in [-0.4, -0.2) is 32.2 Å². The first-order valence-corrected chi connectivity index (χ1v) is 10.5. The molecule has 5 nitrogen and oxygen atoms in total. The van der Waals surface area contributed by atoms with E-state index in [4.69, 9.17) is 0 Å². The first kappa shape index (κ1) is 21.1. The molecule has 1 N–H and O–H groups in total. The van der Waals surface area contributed by atoms with Gasteiger partial charge < -0.3 is 5.32 Å². The lowest BCUT2D eigenvalue weighted by atomic mass is 10.00. The van der Waals surface area contributed by atoms with Crippen molar-refractivity contribution in [3.63, 3.8) is 0 Å². The van der Waals surface area contributed by atoms with E-state index >= 15 is 0 Å². The van der Waals surface area contributed by atoms with Gasteiger partial charge in [-0.1, -0.05) is 42.0 Å². The third-order valence-corrected chi connectivity index (χ3v) is 6.48. The third-order valence-electron chi connectivity index (χ3n) is 4.61. The Balaban J connectivity index is 1.86. The fourth-order valence-corrected chi connectivity index (χ4v) is 4.20. The number of carbonyl (C=O) groups is 1. The summed E-state index contributed by atoms with van der Waals surface area (Å²) in [5.74, 6) is -0.0751. The van der Waals surface area contributed by atoms with Crippen molar-refractivity contribution >= 4 is 15.9 Å². The maximum Gasteiger partial charge on any atom is 0.242 e. The normalized spacial score (nSPS) is 12.8. The summed E-state index contributed by atoms with van der Waals surface area (Å²) in [7, 11) is -1.97. The highest BCUT2D eigenvalue weighted by molar-refractivity contribution is 7.89. The summed E-state index contributed by atoms with van der Waals surface area (Å²) in [5.41, 5.74) is 3.40. The Kier molecular flexibility index (Phi) is 7.16. The van der Waals surface area contributed by atoms with Crippen LogP contribution in [-0.2, 0) is 14.8 Å². The van der Waals surface area contributed by atoms with Crippen LogP contribution in [0.25, 0.3) is 0 Å². The summed E-state index contributed by atoms with van der Waals surface area (Å²) in [6, 6.07) is 14.4. The summed E-state index contributed by atoms with van der Waals surface area (Å²) in [5, 5.41) is 3.00. The van der Waals surface area contributed by atoms with Gasteiger partial charge in [0.15, 0.2) is 0 Å². The highest BCUT2D eigenvalue weighted by atomic mass is 32.2. The monoisotopic (exact) mass is 388 g/mol. The van der Waals surface area contributed by atoms with Gasteiger partial charge in [-0.15, -0.1) is 0 Å². The molecule has 1 unspecified atom stereocenters. The number of hydrogen-bond donors (Lipinski definition) is 1. The Labute approximate surface area is 162 Å². The minimum atomic E-state index is -3.51. The Hall–Kier alpha value is -2.18. The Morgan fingerprint density at radius 3 is 2.44 bits per heavy atom. The van der Waals surface area contributed by atoms with Crippen LogP contribution < -0.4 is 5.32 Å². The molecule has 0 bridgehead atoms. The molecule has 0 aliphatic rings. The minimum absolute atomic E-state index is 0.0751. The van der Waals surface area contributed by atoms with Crippen LogP contribution in [0.4, 0.5) is 0 Å². The lowest BCUT2D eigenvalue weighted by Gasteiger charge is -2.19. The van der Waals surface area contributed by atoms with Gasteiger partial charge in [-0.05, 0) is 50.5 Å². The predicted molar refractivity (Wildman–Crippen MR) is 108 cm³/mol. The lowest BCUT2D eigenvalue weighted by molar-refractivity contribution is -0.121. The van der Waals surface area contributed by atoms with Crippen LogP contribution in [0.2, 0.25) is 0 Å². The zero-order valence-corrected chi connectivity index (χ0v) is 17.2. The Bertz CT molecular complexity index is 880. The van der Waals surface area contributed by atoms with Crippen molar-refractivity contribution in [2.45, 2.75) is 44.6 Å². The van der Waals surface area contributed by atoms with Crippen molar-refractivity contribution in [2.24, 2.45) is 0 Å². The zero-order valence-electron chi connectivity index (χ0n) is 16.4. The molecule has 0 saturated heterocycles. The van der Waals surface area contributed by atoms with Crippen molar-refractivity contribution in [1.82, 2.24) is 9.62 Å². The molecular formula is C21H28N2O3S. The average molecular weight is 389 g/mol. The minimum Gasteiger partial charge on any atom is -0.350 e. The van der Waals surface area contributed by atoms with Gasteiger partial charge in [-0.2, -0.15) is 0 Å². The predicted octanol–water partition coefficient (Wildman–Crippen LogP) is 3.58. The molecule has 2 rings (SSSR count). The molecule has 2 aromatic rings. The quantitative estimate of drug-likeness (QED) is 0.752. The van der Waals surface area contributed by atoms with Gasteiger partial charge in [0, 0.05) is 20.0 Å². The molecule has 1 amide bonds. The number of hydrogen-bond acceptors (Lipinski definition) is 3. The van der Waals surface area contributed by atoms with Crippen LogP contribution >= 0.6 is 0 Å². The van der Waals surface area contributed by atoms with Crippen LogP contribution in [0.1, 0.15) is 42.5 Å². The summed E-state index contributed by atoms with van der Waals surface area (Å²) < 4.78 is 26.2. The fraction of sp³-hybridized carbons (Fsp3) is 0.381. The number of carbonyl (C=O) groups excluding carboxylic acids is 1. The molecule has 2 aromatic carbocycles. The molecule has 0 aliphatic heterocycles.